The number of carbonyl (C=O) groups excluding carboxylic acids is 2. The number of rotatable bonds is 8. The average Bonchev–Trinajstić information content (AvgIpc) is 2.66. The third-order valence-electron chi connectivity index (χ3n) is 4.00. The van der Waals surface area contributed by atoms with Crippen LogP contribution >= 0.6 is 0 Å². The first kappa shape index (κ1) is 20.5. The van der Waals surface area contributed by atoms with E-state index < -0.39 is 0 Å². The summed E-state index contributed by atoms with van der Waals surface area (Å²) in [5.41, 5.74) is 1.74. The second-order valence-electron chi connectivity index (χ2n) is 6.74. The molecule has 2 rings (SSSR count). The Morgan fingerprint density at radius 3 is 2.26 bits per heavy atom. The summed E-state index contributed by atoms with van der Waals surface area (Å²) in [5, 5.41) is 8.85. The molecule has 0 spiro atoms. The van der Waals surface area contributed by atoms with Crippen LogP contribution in [0, 0.1) is 5.92 Å². The van der Waals surface area contributed by atoms with Crippen molar-refractivity contribution in [3.8, 4) is 5.75 Å². The zero-order valence-corrected chi connectivity index (χ0v) is 16.2. The Morgan fingerprint density at radius 1 is 0.963 bits per heavy atom. The lowest BCUT2D eigenvalue weighted by atomic mass is 10.1. The Morgan fingerprint density at radius 2 is 1.63 bits per heavy atom. The smallest absolute Gasteiger partial charge is 0.255 e. The van der Waals surface area contributed by atoms with E-state index in [0.29, 0.717) is 28.6 Å². The number of methoxy groups -OCH3 is 1. The van der Waals surface area contributed by atoms with Crippen molar-refractivity contribution < 1.29 is 14.3 Å². The van der Waals surface area contributed by atoms with Gasteiger partial charge in [-0.2, -0.15) is 0 Å². The lowest BCUT2D eigenvalue weighted by Crippen LogP contribution is -2.39. The minimum atomic E-state index is -0.291. The van der Waals surface area contributed by atoms with Crippen LogP contribution in [-0.2, 0) is 4.79 Å². The van der Waals surface area contributed by atoms with Crippen molar-refractivity contribution in [2.75, 3.05) is 24.3 Å². The molecule has 0 aromatic heterocycles. The van der Waals surface area contributed by atoms with Crippen molar-refractivity contribution in [2.45, 2.75) is 26.8 Å². The van der Waals surface area contributed by atoms with Crippen molar-refractivity contribution in [1.29, 1.82) is 0 Å². The van der Waals surface area contributed by atoms with E-state index in [1.807, 2.05) is 19.1 Å². The number of hydrogen-bond donors (Lipinski definition) is 3. The Hall–Kier alpha value is -2.86. The molecular weight excluding hydrogens is 342 g/mol. The highest BCUT2D eigenvalue weighted by Gasteiger charge is 2.13. The highest BCUT2D eigenvalue weighted by molar-refractivity contribution is 6.05. The second kappa shape index (κ2) is 9.73. The summed E-state index contributed by atoms with van der Waals surface area (Å²) in [5.74, 6) is 0.713. The van der Waals surface area contributed by atoms with Crippen LogP contribution in [0.1, 0.15) is 31.1 Å². The van der Waals surface area contributed by atoms with Crippen LogP contribution in [0.25, 0.3) is 0 Å². The average molecular weight is 369 g/mol. The van der Waals surface area contributed by atoms with Gasteiger partial charge in [-0.3, -0.25) is 9.59 Å². The van der Waals surface area contributed by atoms with Crippen LogP contribution in [-0.4, -0.2) is 31.5 Å². The molecule has 0 heterocycles. The molecule has 0 unspecified atom stereocenters. The number of ether oxygens (including phenoxy) is 1. The molecule has 0 aliphatic rings. The normalized spacial score (nSPS) is 11.7. The standard InChI is InChI=1S/C21H27N3O3/c1-14(2)13-22-15(3)20(25)23-17-11-9-16(10-12-17)21(26)24-18-7-5-6-8-19(18)27-4/h5-12,14-15,22H,13H2,1-4H3,(H,23,25)(H,24,26)/t15-/m1/s1. The van der Waals surface area contributed by atoms with E-state index in [1.165, 1.54) is 0 Å². The molecule has 0 aliphatic heterocycles. The van der Waals surface area contributed by atoms with Crippen LogP contribution in [0.3, 0.4) is 0 Å². The van der Waals surface area contributed by atoms with Crippen molar-refractivity contribution in [2.24, 2.45) is 5.92 Å². The van der Waals surface area contributed by atoms with Gasteiger partial charge in [-0.15, -0.1) is 0 Å². The van der Waals surface area contributed by atoms with Gasteiger partial charge in [0.15, 0.2) is 0 Å². The molecule has 0 aliphatic carbocycles. The molecule has 6 heteroatoms. The predicted molar refractivity (Wildman–Crippen MR) is 108 cm³/mol. The van der Waals surface area contributed by atoms with E-state index in [4.69, 9.17) is 4.74 Å². The number of anilines is 2. The maximum atomic E-state index is 12.4. The van der Waals surface area contributed by atoms with Crippen molar-refractivity contribution in [1.82, 2.24) is 5.32 Å². The monoisotopic (exact) mass is 369 g/mol. The molecule has 0 saturated carbocycles. The van der Waals surface area contributed by atoms with Crippen molar-refractivity contribution >= 4 is 23.2 Å². The summed E-state index contributed by atoms with van der Waals surface area (Å²) >= 11 is 0. The van der Waals surface area contributed by atoms with E-state index in [2.05, 4.69) is 29.8 Å². The van der Waals surface area contributed by atoms with Gasteiger partial charge in [0.05, 0.1) is 18.8 Å². The number of hydrogen-bond acceptors (Lipinski definition) is 4. The minimum Gasteiger partial charge on any atom is -0.495 e. The van der Waals surface area contributed by atoms with E-state index in [0.717, 1.165) is 6.54 Å². The maximum Gasteiger partial charge on any atom is 0.255 e. The quantitative estimate of drug-likeness (QED) is 0.665. The fourth-order valence-corrected chi connectivity index (χ4v) is 2.40. The molecule has 2 aromatic carbocycles. The SMILES string of the molecule is COc1ccccc1NC(=O)c1ccc(NC(=O)[C@@H](C)NCC(C)C)cc1. The number of carbonyl (C=O) groups is 2. The molecule has 27 heavy (non-hydrogen) atoms. The van der Waals surface area contributed by atoms with Crippen LogP contribution in [0.4, 0.5) is 11.4 Å². The van der Waals surface area contributed by atoms with Gasteiger partial charge in [-0.05, 0) is 55.8 Å². The zero-order valence-electron chi connectivity index (χ0n) is 16.2. The van der Waals surface area contributed by atoms with Gasteiger partial charge < -0.3 is 20.7 Å². The number of benzene rings is 2. The molecule has 2 amide bonds. The van der Waals surface area contributed by atoms with E-state index in [9.17, 15) is 9.59 Å². The van der Waals surface area contributed by atoms with Gasteiger partial charge >= 0.3 is 0 Å². The van der Waals surface area contributed by atoms with Crippen LogP contribution < -0.4 is 20.7 Å². The largest absolute Gasteiger partial charge is 0.495 e. The fourth-order valence-electron chi connectivity index (χ4n) is 2.40. The third-order valence-corrected chi connectivity index (χ3v) is 4.00. The molecule has 1 atom stereocenters. The molecule has 0 fully saturated rings. The number of para-hydroxylation sites is 2. The van der Waals surface area contributed by atoms with Crippen LogP contribution in [0.5, 0.6) is 5.75 Å². The van der Waals surface area contributed by atoms with Gasteiger partial charge in [-0.1, -0.05) is 26.0 Å². The highest BCUT2D eigenvalue weighted by Crippen LogP contribution is 2.23. The lowest BCUT2D eigenvalue weighted by Gasteiger charge is -2.15. The molecule has 0 radical (unpaired) electrons. The topological polar surface area (TPSA) is 79.5 Å². The molecular formula is C21H27N3O3. The van der Waals surface area contributed by atoms with Crippen LogP contribution in [0.15, 0.2) is 48.5 Å². The summed E-state index contributed by atoms with van der Waals surface area (Å²) in [6.45, 7) is 6.78. The fraction of sp³-hybridized carbons (Fsp3) is 0.333. The lowest BCUT2D eigenvalue weighted by molar-refractivity contribution is -0.117. The molecule has 3 N–H and O–H groups in total. The van der Waals surface area contributed by atoms with E-state index in [1.54, 1.807) is 43.5 Å². The first-order valence-corrected chi connectivity index (χ1v) is 8.99. The minimum absolute atomic E-state index is 0.109. The molecule has 2 aromatic rings. The summed E-state index contributed by atoms with van der Waals surface area (Å²) in [4.78, 5) is 24.6. The van der Waals surface area contributed by atoms with Crippen molar-refractivity contribution in [3.63, 3.8) is 0 Å². The van der Waals surface area contributed by atoms with Gasteiger partial charge in [-0.25, -0.2) is 0 Å². The third kappa shape index (κ3) is 6.11. The summed E-state index contributed by atoms with van der Waals surface area (Å²) in [7, 11) is 1.56. The first-order valence-electron chi connectivity index (χ1n) is 8.99. The van der Waals surface area contributed by atoms with Gasteiger partial charge in [0.1, 0.15) is 5.75 Å². The summed E-state index contributed by atoms with van der Waals surface area (Å²) in [6.07, 6.45) is 0. The number of amides is 2. The van der Waals surface area contributed by atoms with E-state index in [-0.39, 0.29) is 17.9 Å². The first-order chi connectivity index (χ1) is 12.9. The maximum absolute atomic E-state index is 12.4. The van der Waals surface area contributed by atoms with Gasteiger partial charge in [0.25, 0.3) is 5.91 Å². The highest BCUT2D eigenvalue weighted by atomic mass is 16.5. The van der Waals surface area contributed by atoms with Gasteiger partial charge in [0, 0.05) is 11.3 Å². The molecule has 0 saturated heterocycles. The van der Waals surface area contributed by atoms with Gasteiger partial charge in [0.2, 0.25) is 5.91 Å². The van der Waals surface area contributed by atoms with Crippen molar-refractivity contribution in [3.05, 3.63) is 54.1 Å². The summed E-state index contributed by atoms with van der Waals surface area (Å²) in [6, 6.07) is 13.7. The Balaban J connectivity index is 1.96. The molecule has 144 valence electrons. The molecule has 0 bridgehead atoms. The second-order valence-corrected chi connectivity index (χ2v) is 6.74. The Kier molecular flexibility index (Phi) is 7.37. The Bertz CT molecular complexity index is 772. The molecule has 6 nitrogen and oxygen atoms in total. The Labute approximate surface area is 160 Å². The van der Waals surface area contributed by atoms with E-state index >= 15 is 0 Å². The number of nitrogens with one attached hydrogen (secondary N) is 3. The van der Waals surface area contributed by atoms with Crippen LogP contribution in [0.2, 0.25) is 0 Å². The predicted octanol–water partition coefficient (Wildman–Crippen LogP) is 3.52. The zero-order chi connectivity index (χ0) is 19.8. The summed E-state index contributed by atoms with van der Waals surface area (Å²) < 4.78 is 5.23.